The summed E-state index contributed by atoms with van der Waals surface area (Å²) in [5.41, 5.74) is 7.39. The lowest BCUT2D eigenvalue weighted by Crippen LogP contribution is -2.21. The molecule has 0 saturated heterocycles. The Morgan fingerprint density at radius 3 is 2.67 bits per heavy atom. The number of thiazole rings is 1. The lowest BCUT2D eigenvalue weighted by atomic mass is 9.93. The van der Waals surface area contributed by atoms with Crippen LogP contribution in [0.15, 0.2) is 5.38 Å². The highest BCUT2D eigenvalue weighted by Gasteiger charge is 2.14. The van der Waals surface area contributed by atoms with Gasteiger partial charge in [0, 0.05) is 24.3 Å². The lowest BCUT2D eigenvalue weighted by molar-refractivity contribution is 0.410. The number of rotatable bonds is 4. The Labute approximate surface area is 96.9 Å². The van der Waals surface area contributed by atoms with Gasteiger partial charge in [-0.1, -0.05) is 27.7 Å². The quantitative estimate of drug-likeness (QED) is 0.857. The molecule has 0 amide bonds. The fraction of sp³-hybridized carbons (Fsp3) is 0.750. The van der Waals surface area contributed by atoms with E-state index in [1.807, 2.05) is 0 Å². The molecule has 1 rings (SSSR count). The van der Waals surface area contributed by atoms with Crippen molar-refractivity contribution in [3.63, 3.8) is 0 Å². The van der Waals surface area contributed by atoms with Crippen LogP contribution in [0.25, 0.3) is 0 Å². The summed E-state index contributed by atoms with van der Waals surface area (Å²) in [6.45, 7) is 8.84. The molecule has 1 aromatic rings. The van der Waals surface area contributed by atoms with Crippen LogP contribution in [-0.2, 0) is 12.8 Å². The number of nitrogens with zero attached hydrogens (tertiary/aromatic N) is 1. The molecule has 3 heteroatoms. The van der Waals surface area contributed by atoms with Gasteiger partial charge in [0.05, 0.1) is 10.7 Å². The summed E-state index contributed by atoms with van der Waals surface area (Å²) >= 11 is 1.76. The van der Waals surface area contributed by atoms with E-state index in [-0.39, 0.29) is 6.04 Å². The Hall–Kier alpha value is -0.410. The summed E-state index contributed by atoms with van der Waals surface area (Å²) in [5.74, 6) is 0. The molecule has 1 aromatic heterocycles. The molecule has 1 atom stereocenters. The van der Waals surface area contributed by atoms with Crippen LogP contribution >= 0.6 is 11.3 Å². The first-order valence-corrected chi connectivity index (χ1v) is 6.47. The van der Waals surface area contributed by atoms with Crippen LogP contribution < -0.4 is 5.73 Å². The molecule has 0 aliphatic heterocycles. The van der Waals surface area contributed by atoms with Gasteiger partial charge in [-0.3, -0.25) is 0 Å². The van der Waals surface area contributed by atoms with Crippen molar-refractivity contribution in [2.24, 2.45) is 11.1 Å². The molecule has 0 aromatic carbocycles. The molecule has 0 aliphatic carbocycles. The molecule has 0 spiro atoms. The minimum atomic E-state index is 0.259. The summed E-state index contributed by atoms with van der Waals surface area (Å²) in [4.78, 5) is 4.62. The lowest BCUT2D eigenvalue weighted by Gasteiger charge is -2.15. The number of nitrogens with two attached hydrogens (primary N) is 1. The summed E-state index contributed by atoms with van der Waals surface area (Å²) in [5, 5.41) is 3.39. The third-order valence-corrected chi connectivity index (χ3v) is 3.17. The van der Waals surface area contributed by atoms with Gasteiger partial charge in [-0.15, -0.1) is 11.3 Å². The van der Waals surface area contributed by atoms with Crippen molar-refractivity contribution in [1.29, 1.82) is 0 Å². The topological polar surface area (TPSA) is 38.9 Å². The summed E-state index contributed by atoms with van der Waals surface area (Å²) in [6, 6.07) is 0.259. The third kappa shape index (κ3) is 4.76. The maximum Gasteiger partial charge on any atom is 0.0933 e. The summed E-state index contributed by atoms with van der Waals surface area (Å²) < 4.78 is 0. The van der Waals surface area contributed by atoms with E-state index in [1.54, 1.807) is 11.3 Å². The van der Waals surface area contributed by atoms with Crippen molar-refractivity contribution in [3.8, 4) is 0 Å². The van der Waals surface area contributed by atoms with Gasteiger partial charge in [-0.05, 0) is 11.8 Å². The van der Waals surface area contributed by atoms with E-state index in [2.05, 4.69) is 38.1 Å². The molecule has 0 radical (unpaired) electrons. The first-order valence-electron chi connectivity index (χ1n) is 5.59. The number of aromatic nitrogens is 1. The molecule has 0 saturated carbocycles. The number of hydrogen-bond donors (Lipinski definition) is 1. The van der Waals surface area contributed by atoms with Crippen LogP contribution in [0, 0.1) is 5.41 Å². The second-order valence-electron chi connectivity index (χ2n) is 5.34. The molecule has 0 fully saturated rings. The highest BCUT2D eigenvalue weighted by Crippen LogP contribution is 2.23. The first kappa shape index (κ1) is 12.7. The van der Waals surface area contributed by atoms with Gasteiger partial charge >= 0.3 is 0 Å². The standard InChI is InChI=1S/C12H22N2S/c1-5-9(13)6-10-8-15-11(14-10)7-12(2,3)4/h8-9H,5-7,13H2,1-4H3. The van der Waals surface area contributed by atoms with Gasteiger partial charge < -0.3 is 5.73 Å². The van der Waals surface area contributed by atoms with E-state index in [1.165, 1.54) is 5.01 Å². The van der Waals surface area contributed by atoms with E-state index in [0.29, 0.717) is 5.41 Å². The summed E-state index contributed by atoms with van der Waals surface area (Å²) in [6.07, 6.45) is 2.99. The largest absolute Gasteiger partial charge is 0.327 e. The fourth-order valence-electron chi connectivity index (χ4n) is 1.39. The predicted octanol–water partition coefficient (Wildman–Crippen LogP) is 3.01. The second-order valence-corrected chi connectivity index (χ2v) is 6.29. The number of hydrogen-bond acceptors (Lipinski definition) is 3. The van der Waals surface area contributed by atoms with Crippen molar-refractivity contribution < 1.29 is 0 Å². The van der Waals surface area contributed by atoms with E-state index >= 15 is 0 Å². The maximum atomic E-state index is 5.91. The highest BCUT2D eigenvalue weighted by molar-refractivity contribution is 7.09. The van der Waals surface area contributed by atoms with Crippen LogP contribution in [-0.4, -0.2) is 11.0 Å². The van der Waals surface area contributed by atoms with Crippen molar-refractivity contribution >= 4 is 11.3 Å². The minimum absolute atomic E-state index is 0.259. The predicted molar refractivity (Wildman–Crippen MR) is 67.2 cm³/mol. The van der Waals surface area contributed by atoms with E-state index in [4.69, 9.17) is 5.73 Å². The van der Waals surface area contributed by atoms with Crippen molar-refractivity contribution in [2.45, 2.75) is 53.0 Å². The molecule has 2 N–H and O–H groups in total. The van der Waals surface area contributed by atoms with Gasteiger partial charge in [-0.2, -0.15) is 0 Å². The zero-order valence-corrected chi connectivity index (χ0v) is 11.0. The van der Waals surface area contributed by atoms with Gasteiger partial charge in [0.15, 0.2) is 0 Å². The molecule has 0 bridgehead atoms. The SMILES string of the molecule is CCC(N)Cc1csc(CC(C)(C)C)n1. The van der Waals surface area contributed by atoms with Crippen molar-refractivity contribution in [2.75, 3.05) is 0 Å². The molecule has 15 heavy (non-hydrogen) atoms. The Morgan fingerprint density at radius 2 is 2.13 bits per heavy atom. The molecule has 86 valence electrons. The molecule has 2 nitrogen and oxygen atoms in total. The fourth-order valence-corrected chi connectivity index (χ4v) is 2.50. The van der Waals surface area contributed by atoms with E-state index in [0.717, 1.165) is 25.0 Å². The van der Waals surface area contributed by atoms with Crippen LogP contribution in [0.2, 0.25) is 0 Å². The van der Waals surface area contributed by atoms with Gasteiger partial charge in [0.1, 0.15) is 0 Å². The van der Waals surface area contributed by atoms with Crippen LogP contribution in [0.3, 0.4) is 0 Å². The second kappa shape index (κ2) is 5.08. The zero-order chi connectivity index (χ0) is 11.5. The Kier molecular flexibility index (Phi) is 4.29. The zero-order valence-electron chi connectivity index (χ0n) is 10.2. The monoisotopic (exact) mass is 226 g/mol. The molecular formula is C12H22N2S. The smallest absolute Gasteiger partial charge is 0.0933 e. The van der Waals surface area contributed by atoms with Gasteiger partial charge in [0.2, 0.25) is 0 Å². The minimum Gasteiger partial charge on any atom is -0.327 e. The van der Waals surface area contributed by atoms with E-state index < -0.39 is 0 Å². The van der Waals surface area contributed by atoms with Crippen molar-refractivity contribution in [3.05, 3.63) is 16.1 Å². The summed E-state index contributed by atoms with van der Waals surface area (Å²) in [7, 11) is 0. The average molecular weight is 226 g/mol. The average Bonchev–Trinajstić information content (AvgIpc) is 2.49. The van der Waals surface area contributed by atoms with Crippen LogP contribution in [0.5, 0.6) is 0 Å². The van der Waals surface area contributed by atoms with Crippen LogP contribution in [0.4, 0.5) is 0 Å². The van der Waals surface area contributed by atoms with E-state index in [9.17, 15) is 0 Å². The van der Waals surface area contributed by atoms with Crippen molar-refractivity contribution in [1.82, 2.24) is 4.98 Å². The maximum absolute atomic E-state index is 5.91. The first-order chi connectivity index (χ1) is 6.90. The molecular weight excluding hydrogens is 204 g/mol. The van der Waals surface area contributed by atoms with Crippen LogP contribution in [0.1, 0.15) is 44.8 Å². The Morgan fingerprint density at radius 1 is 1.47 bits per heavy atom. The Bertz CT molecular complexity index is 299. The Balaban J connectivity index is 2.56. The normalized spacial score (nSPS) is 14.2. The van der Waals surface area contributed by atoms with Gasteiger partial charge in [0.25, 0.3) is 0 Å². The van der Waals surface area contributed by atoms with Gasteiger partial charge in [-0.25, -0.2) is 4.98 Å². The third-order valence-electron chi connectivity index (χ3n) is 2.28. The highest BCUT2D eigenvalue weighted by atomic mass is 32.1. The molecule has 1 unspecified atom stereocenters. The molecule has 0 aliphatic rings. The molecule has 1 heterocycles.